The standard InChI is InChI=1S/C26H46O9/c1-5-14(27)7-6-13(2)15-12-18(29)26(35)22(15,3)11-9-17-23(4)10-8-16(28)19(30)25(23,34)21(32)20(31)24(17,26)33/h13-21,27-35H,5-12H2,1-4H3. The summed E-state index contributed by atoms with van der Waals surface area (Å²) in [5.74, 6) is -1.16. The van der Waals surface area contributed by atoms with E-state index in [-0.39, 0.29) is 37.5 Å². The Kier molecular flexibility index (Phi) is 6.78. The fraction of sp³-hybridized carbons (Fsp3) is 1.00. The van der Waals surface area contributed by atoms with Crippen LogP contribution in [0.5, 0.6) is 0 Å². The van der Waals surface area contributed by atoms with Crippen molar-refractivity contribution in [1.29, 1.82) is 0 Å². The minimum Gasteiger partial charge on any atom is -0.393 e. The second-order valence-corrected chi connectivity index (χ2v) is 12.8. The van der Waals surface area contributed by atoms with Gasteiger partial charge >= 0.3 is 0 Å². The molecule has 9 N–H and O–H groups in total. The molecule has 204 valence electrons. The average Bonchev–Trinajstić information content (AvgIpc) is 3.04. The minimum absolute atomic E-state index is 0.00912. The highest BCUT2D eigenvalue weighted by atomic mass is 16.4. The number of aliphatic hydroxyl groups is 9. The van der Waals surface area contributed by atoms with Gasteiger partial charge in [-0.2, -0.15) is 0 Å². The highest BCUT2D eigenvalue weighted by Gasteiger charge is 2.84. The first-order valence-electron chi connectivity index (χ1n) is 13.3. The molecule has 4 aliphatic rings. The van der Waals surface area contributed by atoms with Crippen LogP contribution in [0.15, 0.2) is 0 Å². The number of aliphatic hydroxyl groups excluding tert-OH is 6. The highest BCUT2D eigenvalue weighted by molar-refractivity contribution is 5.33. The van der Waals surface area contributed by atoms with E-state index in [4.69, 9.17) is 0 Å². The van der Waals surface area contributed by atoms with Gasteiger partial charge in [0.15, 0.2) is 0 Å². The molecule has 9 heteroatoms. The molecule has 14 unspecified atom stereocenters. The van der Waals surface area contributed by atoms with E-state index in [9.17, 15) is 46.0 Å². The van der Waals surface area contributed by atoms with Crippen molar-refractivity contribution in [2.75, 3.05) is 0 Å². The molecule has 4 rings (SSSR count). The van der Waals surface area contributed by atoms with Crippen LogP contribution in [0, 0.1) is 28.6 Å². The van der Waals surface area contributed by atoms with E-state index in [0.29, 0.717) is 25.7 Å². The third-order valence-electron chi connectivity index (χ3n) is 11.5. The molecule has 0 aliphatic heterocycles. The van der Waals surface area contributed by atoms with Crippen LogP contribution in [0.25, 0.3) is 0 Å². The van der Waals surface area contributed by atoms with Gasteiger partial charge in [-0.05, 0) is 63.2 Å². The first-order chi connectivity index (χ1) is 16.1. The predicted octanol–water partition coefficient (Wildman–Crippen LogP) is -0.579. The van der Waals surface area contributed by atoms with Gasteiger partial charge in [0, 0.05) is 16.7 Å². The van der Waals surface area contributed by atoms with E-state index in [0.717, 1.165) is 0 Å². The number of fused-ring (bicyclic) bond motifs is 5. The second-order valence-electron chi connectivity index (χ2n) is 12.8. The van der Waals surface area contributed by atoms with Gasteiger partial charge in [-0.3, -0.25) is 0 Å². The van der Waals surface area contributed by atoms with Gasteiger partial charge in [0.2, 0.25) is 0 Å². The van der Waals surface area contributed by atoms with Crippen LogP contribution < -0.4 is 0 Å². The fourth-order valence-corrected chi connectivity index (χ4v) is 9.21. The summed E-state index contributed by atoms with van der Waals surface area (Å²) in [6, 6.07) is 0. The van der Waals surface area contributed by atoms with Gasteiger partial charge in [0.05, 0.1) is 18.3 Å². The maximum atomic E-state index is 12.3. The largest absolute Gasteiger partial charge is 0.393 e. The zero-order valence-electron chi connectivity index (χ0n) is 21.4. The van der Waals surface area contributed by atoms with Crippen molar-refractivity contribution in [2.24, 2.45) is 28.6 Å². The Labute approximate surface area is 207 Å². The summed E-state index contributed by atoms with van der Waals surface area (Å²) < 4.78 is 0. The molecule has 4 fully saturated rings. The van der Waals surface area contributed by atoms with Crippen molar-refractivity contribution in [3.63, 3.8) is 0 Å². The van der Waals surface area contributed by atoms with E-state index in [1.807, 2.05) is 20.8 Å². The fourth-order valence-electron chi connectivity index (χ4n) is 9.21. The molecule has 4 aliphatic carbocycles. The molecule has 0 aromatic rings. The zero-order valence-corrected chi connectivity index (χ0v) is 21.4. The molecule has 0 bridgehead atoms. The number of hydrogen-bond donors (Lipinski definition) is 9. The van der Waals surface area contributed by atoms with Crippen molar-refractivity contribution in [3.8, 4) is 0 Å². The summed E-state index contributed by atoms with van der Waals surface area (Å²) >= 11 is 0. The Bertz CT molecular complexity index is 812. The molecule has 9 nitrogen and oxygen atoms in total. The van der Waals surface area contributed by atoms with Gasteiger partial charge in [-0.1, -0.05) is 27.7 Å². The van der Waals surface area contributed by atoms with Crippen LogP contribution in [0.3, 0.4) is 0 Å². The lowest BCUT2D eigenvalue weighted by Gasteiger charge is -2.72. The normalized spacial score (nSPS) is 57.7. The Morgan fingerprint density at radius 2 is 1.37 bits per heavy atom. The van der Waals surface area contributed by atoms with Crippen molar-refractivity contribution >= 4 is 0 Å². The Hall–Kier alpha value is -0.360. The van der Waals surface area contributed by atoms with Crippen molar-refractivity contribution in [3.05, 3.63) is 0 Å². The molecule has 0 spiro atoms. The van der Waals surface area contributed by atoms with Crippen molar-refractivity contribution in [2.45, 2.75) is 132 Å². The molecule has 0 radical (unpaired) electrons. The van der Waals surface area contributed by atoms with E-state index >= 15 is 0 Å². The molecule has 0 saturated heterocycles. The first kappa shape index (κ1) is 27.7. The van der Waals surface area contributed by atoms with Gasteiger partial charge < -0.3 is 46.0 Å². The average molecular weight is 503 g/mol. The predicted molar refractivity (Wildman–Crippen MR) is 126 cm³/mol. The quantitative estimate of drug-likeness (QED) is 0.237. The molecule has 0 heterocycles. The summed E-state index contributed by atoms with van der Waals surface area (Å²) in [6.07, 6.45) is -5.98. The molecule has 0 amide bonds. The second kappa shape index (κ2) is 8.58. The molecular formula is C26H46O9. The SMILES string of the molecule is CCC(O)CCC(C)C1CC(O)C2(O)C1(C)CCC1C3(C)CCC(O)C(O)C3(O)C(O)C(O)C12O. The van der Waals surface area contributed by atoms with Gasteiger partial charge in [0.25, 0.3) is 0 Å². The van der Waals surface area contributed by atoms with Gasteiger partial charge in [0.1, 0.15) is 35.1 Å². The molecule has 4 saturated carbocycles. The van der Waals surface area contributed by atoms with E-state index in [2.05, 4.69) is 0 Å². The summed E-state index contributed by atoms with van der Waals surface area (Å²) in [7, 11) is 0. The van der Waals surface area contributed by atoms with Crippen molar-refractivity contribution in [1.82, 2.24) is 0 Å². The molecule has 0 aromatic heterocycles. The molecular weight excluding hydrogens is 456 g/mol. The number of hydrogen-bond acceptors (Lipinski definition) is 9. The smallest absolute Gasteiger partial charge is 0.128 e. The van der Waals surface area contributed by atoms with Gasteiger partial charge in [-0.25, -0.2) is 0 Å². The topological polar surface area (TPSA) is 182 Å². The molecule has 14 atom stereocenters. The maximum absolute atomic E-state index is 12.3. The summed E-state index contributed by atoms with van der Waals surface area (Å²) in [4.78, 5) is 0. The van der Waals surface area contributed by atoms with E-state index < -0.39 is 70.2 Å². The monoisotopic (exact) mass is 502 g/mol. The van der Waals surface area contributed by atoms with E-state index in [1.54, 1.807) is 6.92 Å². The lowest BCUT2D eigenvalue weighted by atomic mass is 9.38. The van der Waals surface area contributed by atoms with Gasteiger partial charge in [-0.15, -0.1) is 0 Å². The van der Waals surface area contributed by atoms with Crippen LogP contribution in [-0.2, 0) is 0 Å². The Morgan fingerprint density at radius 3 is 1.97 bits per heavy atom. The third kappa shape index (κ3) is 3.14. The maximum Gasteiger partial charge on any atom is 0.128 e. The van der Waals surface area contributed by atoms with Crippen LogP contribution in [0.1, 0.15) is 79.1 Å². The summed E-state index contributed by atoms with van der Waals surface area (Å²) in [5.41, 5.74) is -9.20. The minimum atomic E-state index is -2.36. The van der Waals surface area contributed by atoms with Crippen LogP contribution in [-0.4, -0.2) is 99.4 Å². The third-order valence-corrected chi connectivity index (χ3v) is 11.5. The Balaban J connectivity index is 1.78. The zero-order chi connectivity index (χ0) is 26.4. The van der Waals surface area contributed by atoms with Crippen LogP contribution in [0.2, 0.25) is 0 Å². The molecule has 0 aromatic carbocycles. The summed E-state index contributed by atoms with van der Waals surface area (Å²) in [5, 5.41) is 101. The molecule has 35 heavy (non-hydrogen) atoms. The van der Waals surface area contributed by atoms with Crippen LogP contribution in [0.4, 0.5) is 0 Å². The Morgan fingerprint density at radius 1 is 0.800 bits per heavy atom. The lowest BCUT2D eigenvalue weighted by molar-refractivity contribution is -0.401. The summed E-state index contributed by atoms with van der Waals surface area (Å²) in [6.45, 7) is 7.35. The highest BCUT2D eigenvalue weighted by Crippen LogP contribution is 2.72. The first-order valence-corrected chi connectivity index (χ1v) is 13.3. The lowest BCUT2D eigenvalue weighted by Crippen LogP contribution is -2.88. The number of rotatable bonds is 5. The van der Waals surface area contributed by atoms with Crippen molar-refractivity contribution < 1.29 is 46.0 Å². The van der Waals surface area contributed by atoms with Crippen LogP contribution >= 0.6 is 0 Å². The van der Waals surface area contributed by atoms with E-state index in [1.165, 1.54) is 0 Å².